The molecule has 0 aliphatic carbocycles. The van der Waals surface area contributed by atoms with Crippen molar-refractivity contribution < 1.29 is 18.3 Å². The molecule has 47 heavy (non-hydrogen) atoms. The fourth-order valence-electron chi connectivity index (χ4n) is 7.97. The van der Waals surface area contributed by atoms with Crippen LogP contribution in [0.3, 0.4) is 0 Å². The van der Waals surface area contributed by atoms with Crippen LogP contribution in [0.4, 0.5) is 14.6 Å². The predicted octanol–water partition coefficient (Wildman–Crippen LogP) is 5.25. The zero-order chi connectivity index (χ0) is 31.7. The van der Waals surface area contributed by atoms with E-state index in [1.807, 2.05) is 6.07 Å². The van der Waals surface area contributed by atoms with Crippen molar-refractivity contribution in [1.82, 2.24) is 40.0 Å². The first-order valence-electron chi connectivity index (χ1n) is 16.2. The Morgan fingerprint density at radius 3 is 2.96 bits per heavy atom. The highest BCUT2D eigenvalue weighted by molar-refractivity contribution is 6.33. The number of halogens is 3. The smallest absolute Gasteiger partial charge is 0.319 e. The number of anilines is 1. The van der Waals surface area contributed by atoms with Crippen molar-refractivity contribution >= 4 is 39.2 Å². The van der Waals surface area contributed by atoms with E-state index in [-0.39, 0.29) is 29.9 Å². The Bertz CT molecular complexity index is 2030. The van der Waals surface area contributed by atoms with Gasteiger partial charge in [0.15, 0.2) is 5.82 Å². The van der Waals surface area contributed by atoms with Crippen molar-refractivity contribution in [1.29, 1.82) is 0 Å². The molecule has 4 aromatic heterocycles. The summed E-state index contributed by atoms with van der Waals surface area (Å²) in [7, 11) is 0. The van der Waals surface area contributed by atoms with Gasteiger partial charge in [-0.2, -0.15) is 15.1 Å². The molecule has 11 nitrogen and oxygen atoms in total. The topological polar surface area (TPSA) is 118 Å². The van der Waals surface area contributed by atoms with E-state index < -0.39 is 17.5 Å². The van der Waals surface area contributed by atoms with E-state index in [1.165, 1.54) is 0 Å². The monoisotopic (exact) mass is 659 g/mol. The number of piperidine rings is 1. The second kappa shape index (κ2) is 11.2. The van der Waals surface area contributed by atoms with Gasteiger partial charge < -0.3 is 14.4 Å². The van der Waals surface area contributed by atoms with Gasteiger partial charge in [0.25, 0.3) is 0 Å². The Hall–Kier alpha value is -4.23. The molecule has 10 rings (SSSR count). The summed E-state index contributed by atoms with van der Waals surface area (Å²) < 4.78 is 44.2. The number of rotatable bonds is 3. The molecule has 8 bridgehead atoms. The van der Waals surface area contributed by atoms with Gasteiger partial charge in [0, 0.05) is 53.6 Å². The van der Waals surface area contributed by atoms with Gasteiger partial charge >= 0.3 is 12.0 Å². The number of hydrogen-bond donors (Lipinski definition) is 1. The van der Waals surface area contributed by atoms with Crippen LogP contribution in [0.15, 0.2) is 30.7 Å². The third-order valence-electron chi connectivity index (χ3n) is 10.2. The number of aromatic amines is 1. The van der Waals surface area contributed by atoms with E-state index >= 15 is 4.39 Å². The summed E-state index contributed by atoms with van der Waals surface area (Å²) in [5, 5.41) is 8.80. The lowest BCUT2D eigenvalue weighted by molar-refractivity contribution is 0.107. The van der Waals surface area contributed by atoms with Crippen LogP contribution in [0.25, 0.3) is 33.1 Å². The summed E-state index contributed by atoms with van der Waals surface area (Å²) in [5.41, 5.74) is 2.50. The molecule has 1 N–H and O–H groups in total. The molecule has 0 amide bonds. The van der Waals surface area contributed by atoms with Crippen molar-refractivity contribution in [3.63, 3.8) is 0 Å². The van der Waals surface area contributed by atoms with E-state index in [1.54, 1.807) is 24.7 Å². The van der Waals surface area contributed by atoms with Gasteiger partial charge in [-0.1, -0.05) is 11.6 Å². The average Bonchev–Trinajstić information content (AvgIpc) is 3.77. The fourth-order valence-corrected chi connectivity index (χ4v) is 8.26. The van der Waals surface area contributed by atoms with Crippen LogP contribution in [-0.2, 0) is 12.8 Å². The third kappa shape index (κ3) is 4.93. The van der Waals surface area contributed by atoms with Crippen molar-refractivity contribution in [3.05, 3.63) is 52.8 Å². The van der Waals surface area contributed by atoms with Crippen LogP contribution in [0, 0.1) is 5.82 Å². The van der Waals surface area contributed by atoms with Crippen molar-refractivity contribution in [3.8, 4) is 23.3 Å². The number of H-pyrrole nitrogens is 1. The van der Waals surface area contributed by atoms with Crippen molar-refractivity contribution in [2.24, 2.45) is 0 Å². The molecule has 5 aliphatic rings. The summed E-state index contributed by atoms with van der Waals surface area (Å²) >= 11 is 6.88. The van der Waals surface area contributed by atoms with Crippen LogP contribution in [-0.4, -0.2) is 90.6 Å². The molecule has 5 aliphatic heterocycles. The normalized spacial score (nSPS) is 24.2. The van der Waals surface area contributed by atoms with Crippen LogP contribution in [0.2, 0.25) is 5.02 Å². The Morgan fingerprint density at radius 1 is 1.09 bits per heavy atom. The summed E-state index contributed by atoms with van der Waals surface area (Å²) in [5.74, 6) is -0.0954. The van der Waals surface area contributed by atoms with Gasteiger partial charge in [-0.15, -0.1) is 0 Å². The van der Waals surface area contributed by atoms with Gasteiger partial charge in [-0.05, 0) is 62.8 Å². The minimum absolute atomic E-state index is 0.0482. The highest BCUT2D eigenvalue weighted by Gasteiger charge is 2.49. The quantitative estimate of drug-likeness (QED) is 0.275. The molecule has 0 unspecified atom stereocenters. The molecule has 0 saturated carbocycles. The van der Waals surface area contributed by atoms with Gasteiger partial charge in [0.1, 0.15) is 35.9 Å². The van der Waals surface area contributed by atoms with Gasteiger partial charge in [-0.3, -0.25) is 15.0 Å². The Morgan fingerprint density at radius 2 is 2.02 bits per heavy atom. The molecule has 0 spiro atoms. The van der Waals surface area contributed by atoms with Crippen LogP contribution >= 0.6 is 11.6 Å². The summed E-state index contributed by atoms with van der Waals surface area (Å²) in [4.78, 5) is 27.6. The fraction of sp³-hybridized carbons (Fsp3) is 0.455. The maximum Gasteiger partial charge on any atom is 0.319 e. The SMILES string of the molecule is Fc1c2ncc3c(nc(OC[C@@]45CCCN4C[C@H](F)C5)nc13)N1CCC[C@H](C1)Oc1nccc(n1)CCc1c(Cl)cc3[nH]ncc3c1-2. The lowest BCUT2D eigenvalue weighted by Gasteiger charge is -2.34. The van der Waals surface area contributed by atoms with Crippen molar-refractivity contribution in [2.75, 3.05) is 37.7 Å². The molecule has 3 fully saturated rings. The van der Waals surface area contributed by atoms with Crippen LogP contribution in [0.5, 0.6) is 12.0 Å². The number of nitrogens with zero attached hydrogens (tertiary/aromatic N) is 8. The van der Waals surface area contributed by atoms with E-state index in [9.17, 15) is 4.39 Å². The van der Waals surface area contributed by atoms with E-state index in [2.05, 4.69) is 30.0 Å². The first kappa shape index (κ1) is 29.0. The maximum absolute atomic E-state index is 17.1. The van der Waals surface area contributed by atoms with Gasteiger partial charge in [-0.25, -0.2) is 18.7 Å². The molecule has 242 valence electrons. The first-order valence-corrected chi connectivity index (χ1v) is 16.6. The first-order chi connectivity index (χ1) is 22.9. The lowest BCUT2D eigenvalue weighted by atomic mass is 9.95. The number of nitrogens with one attached hydrogen (secondary N) is 1. The molecular weight excluding hydrogens is 628 g/mol. The minimum Gasteiger partial charge on any atom is -0.461 e. The highest BCUT2D eigenvalue weighted by atomic mass is 35.5. The number of hydrogen-bond acceptors (Lipinski definition) is 10. The van der Waals surface area contributed by atoms with Crippen LogP contribution in [0.1, 0.15) is 43.4 Å². The summed E-state index contributed by atoms with van der Waals surface area (Å²) in [6.45, 7) is 2.63. The molecule has 14 heteroatoms. The lowest BCUT2D eigenvalue weighted by Crippen LogP contribution is -2.44. The van der Waals surface area contributed by atoms with Gasteiger partial charge in [0.2, 0.25) is 0 Å². The second-order valence-electron chi connectivity index (χ2n) is 13.1. The highest BCUT2D eigenvalue weighted by Crippen LogP contribution is 2.42. The Kier molecular flexibility index (Phi) is 6.89. The number of benzene rings is 1. The third-order valence-corrected chi connectivity index (χ3v) is 10.5. The number of fused-ring (bicyclic) bond motifs is 4. The molecule has 0 radical (unpaired) electrons. The van der Waals surface area contributed by atoms with Gasteiger partial charge in [0.05, 0.1) is 29.2 Å². The molecule has 9 heterocycles. The molecule has 3 atom stereocenters. The standard InChI is InChI=1S/C33H32ClF2N9O2/c34-24-11-25-22(14-39-43-25)26-21(24)5-4-19-6-8-37-31(40-19)47-20-3-1-9-44(16-20)30-23-13-38-29(26)27(36)28(23)41-32(42-30)46-17-33-7-2-10-45(33)15-18(35)12-33/h6,8,11,13-14,18,20H,1-5,7,9-10,12,15-17H2,(H,39,43)/t18-,20-,33+/m1/s1. The predicted molar refractivity (Wildman–Crippen MR) is 171 cm³/mol. The molecule has 5 aromatic rings. The van der Waals surface area contributed by atoms with E-state index in [0.29, 0.717) is 83.2 Å². The summed E-state index contributed by atoms with van der Waals surface area (Å²) in [6.07, 6.45) is 8.70. The zero-order valence-electron chi connectivity index (χ0n) is 25.6. The summed E-state index contributed by atoms with van der Waals surface area (Å²) in [6, 6.07) is 4.01. The second-order valence-corrected chi connectivity index (χ2v) is 13.5. The number of aryl methyl sites for hydroxylation is 1. The largest absolute Gasteiger partial charge is 0.461 e. The number of alkyl halides is 1. The maximum atomic E-state index is 17.1. The zero-order valence-corrected chi connectivity index (χ0v) is 26.3. The Balaban J connectivity index is 1.23. The molecular formula is C33H32ClF2N9O2. The number of aromatic nitrogens is 7. The average molecular weight is 660 g/mol. The van der Waals surface area contributed by atoms with E-state index in [0.717, 1.165) is 37.9 Å². The van der Waals surface area contributed by atoms with Crippen LogP contribution < -0.4 is 14.4 Å². The minimum atomic E-state index is -0.897. The molecule has 1 aromatic carbocycles. The van der Waals surface area contributed by atoms with Crippen molar-refractivity contribution in [2.45, 2.75) is 62.8 Å². The number of pyridine rings is 1. The number of ether oxygens (including phenoxy) is 2. The molecule has 3 saturated heterocycles. The Labute approximate surface area is 273 Å². The van der Waals surface area contributed by atoms with E-state index in [4.69, 9.17) is 36.0 Å².